The normalized spacial score (nSPS) is 19.6. The summed E-state index contributed by atoms with van der Waals surface area (Å²) >= 11 is 0. The largest absolute Gasteiger partial charge is 0.330 e. The molecular formula is C10H21NO2S. The predicted molar refractivity (Wildman–Crippen MR) is 58.9 cm³/mol. The zero-order valence-corrected chi connectivity index (χ0v) is 9.78. The van der Waals surface area contributed by atoms with Crippen LogP contribution >= 0.6 is 0 Å². The summed E-state index contributed by atoms with van der Waals surface area (Å²) in [7, 11) is -2.82. The van der Waals surface area contributed by atoms with Gasteiger partial charge >= 0.3 is 0 Å². The molecule has 1 aliphatic carbocycles. The van der Waals surface area contributed by atoms with E-state index >= 15 is 0 Å². The molecule has 0 aromatic heterocycles. The maximum absolute atomic E-state index is 11.7. The second-order valence-corrected chi connectivity index (χ2v) is 6.67. The van der Waals surface area contributed by atoms with Crippen LogP contribution in [0.15, 0.2) is 0 Å². The van der Waals surface area contributed by atoms with E-state index in [1.807, 2.05) is 6.92 Å². The molecule has 3 nitrogen and oxygen atoms in total. The van der Waals surface area contributed by atoms with Gasteiger partial charge in [0.05, 0.1) is 11.5 Å². The van der Waals surface area contributed by atoms with Gasteiger partial charge in [0.25, 0.3) is 0 Å². The van der Waals surface area contributed by atoms with Crippen molar-refractivity contribution in [2.24, 2.45) is 11.1 Å². The van der Waals surface area contributed by atoms with Gasteiger partial charge in [-0.3, -0.25) is 0 Å². The molecule has 4 heteroatoms. The Morgan fingerprint density at radius 2 is 2.00 bits per heavy atom. The number of sulfone groups is 1. The Morgan fingerprint density at radius 1 is 1.36 bits per heavy atom. The van der Waals surface area contributed by atoms with Gasteiger partial charge in [0.2, 0.25) is 0 Å². The van der Waals surface area contributed by atoms with E-state index in [4.69, 9.17) is 5.73 Å². The van der Waals surface area contributed by atoms with E-state index in [-0.39, 0.29) is 5.41 Å². The van der Waals surface area contributed by atoms with Crippen molar-refractivity contribution in [3.8, 4) is 0 Å². The van der Waals surface area contributed by atoms with Crippen LogP contribution in [0.5, 0.6) is 0 Å². The van der Waals surface area contributed by atoms with Crippen molar-refractivity contribution < 1.29 is 8.42 Å². The van der Waals surface area contributed by atoms with Gasteiger partial charge in [-0.25, -0.2) is 8.42 Å². The maximum Gasteiger partial charge on any atom is 0.150 e. The molecule has 0 radical (unpaired) electrons. The molecule has 1 saturated carbocycles. The van der Waals surface area contributed by atoms with E-state index in [0.717, 1.165) is 32.1 Å². The molecule has 0 spiro atoms. The molecule has 1 fully saturated rings. The monoisotopic (exact) mass is 219 g/mol. The molecule has 0 atom stereocenters. The Balaban J connectivity index is 2.42. The summed E-state index contributed by atoms with van der Waals surface area (Å²) in [5.74, 6) is 0.729. The number of nitrogens with two attached hydrogens (primary N) is 1. The first-order chi connectivity index (χ1) is 6.54. The number of hydrogen-bond donors (Lipinski definition) is 1. The van der Waals surface area contributed by atoms with Crippen LogP contribution in [0.4, 0.5) is 0 Å². The van der Waals surface area contributed by atoms with E-state index in [1.165, 1.54) is 0 Å². The van der Waals surface area contributed by atoms with Crippen LogP contribution in [-0.4, -0.2) is 26.5 Å². The molecule has 0 bridgehead atoms. The fourth-order valence-electron chi connectivity index (χ4n) is 1.85. The summed E-state index contributed by atoms with van der Waals surface area (Å²) in [5.41, 5.74) is 5.55. The van der Waals surface area contributed by atoms with Gasteiger partial charge < -0.3 is 5.73 Å². The number of unbranched alkanes of at least 4 members (excludes halogenated alkanes) is 1. The second kappa shape index (κ2) is 4.62. The zero-order valence-electron chi connectivity index (χ0n) is 8.96. The lowest BCUT2D eigenvalue weighted by molar-refractivity contribution is 0.509. The molecule has 0 aromatic rings. The van der Waals surface area contributed by atoms with Crippen LogP contribution in [0.1, 0.15) is 39.0 Å². The first-order valence-corrected chi connectivity index (χ1v) is 7.26. The molecule has 84 valence electrons. The van der Waals surface area contributed by atoms with Crippen LogP contribution in [0.2, 0.25) is 0 Å². The summed E-state index contributed by atoms with van der Waals surface area (Å²) in [6, 6.07) is 0. The molecular weight excluding hydrogens is 198 g/mol. The molecule has 0 aliphatic heterocycles. The minimum absolute atomic E-state index is 0.0708. The van der Waals surface area contributed by atoms with E-state index in [9.17, 15) is 8.42 Å². The molecule has 2 N–H and O–H groups in total. The van der Waals surface area contributed by atoms with Crippen molar-refractivity contribution in [3.05, 3.63) is 0 Å². The van der Waals surface area contributed by atoms with Crippen LogP contribution in [0, 0.1) is 5.41 Å². The Labute approximate surface area is 87.0 Å². The van der Waals surface area contributed by atoms with Gasteiger partial charge in [0.15, 0.2) is 9.84 Å². The van der Waals surface area contributed by atoms with Crippen molar-refractivity contribution in [2.75, 3.05) is 18.1 Å². The Kier molecular flexibility index (Phi) is 3.95. The minimum atomic E-state index is -2.82. The van der Waals surface area contributed by atoms with Gasteiger partial charge in [-0.2, -0.15) is 0 Å². The van der Waals surface area contributed by atoms with Crippen LogP contribution in [0.3, 0.4) is 0 Å². The summed E-state index contributed by atoms with van der Waals surface area (Å²) < 4.78 is 23.4. The highest BCUT2D eigenvalue weighted by Gasteiger charge is 2.44. The van der Waals surface area contributed by atoms with E-state index in [2.05, 4.69) is 0 Å². The smallest absolute Gasteiger partial charge is 0.150 e. The van der Waals surface area contributed by atoms with Crippen molar-refractivity contribution in [3.63, 3.8) is 0 Å². The molecule has 0 unspecified atom stereocenters. The molecule has 14 heavy (non-hydrogen) atoms. The van der Waals surface area contributed by atoms with Gasteiger partial charge in [-0.05, 0) is 37.6 Å². The van der Waals surface area contributed by atoms with E-state index in [0.29, 0.717) is 18.1 Å². The lowest BCUT2D eigenvalue weighted by atomic mass is 10.1. The average Bonchev–Trinajstić information content (AvgIpc) is 2.81. The Morgan fingerprint density at radius 3 is 2.43 bits per heavy atom. The molecule has 0 saturated heterocycles. The lowest BCUT2D eigenvalue weighted by Crippen LogP contribution is -2.22. The second-order valence-electron chi connectivity index (χ2n) is 4.48. The third-order valence-electron chi connectivity index (χ3n) is 2.97. The van der Waals surface area contributed by atoms with Crippen molar-refractivity contribution in [1.82, 2.24) is 0 Å². The molecule has 0 heterocycles. The highest BCUT2D eigenvalue weighted by Crippen LogP contribution is 2.49. The van der Waals surface area contributed by atoms with Crippen molar-refractivity contribution in [2.45, 2.75) is 39.0 Å². The van der Waals surface area contributed by atoms with Gasteiger partial charge in [0.1, 0.15) is 0 Å². The summed E-state index contributed by atoms with van der Waals surface area (Å²) in [6.07, 6.45) is 4.72. The topological polar surface area (TPSA) is 60.2 Å². The maximum atomic E-state index is 11.7. The molecule has 0 amide bonds. The SMILES string of the molecule is CCCCS(=O)(=O)CC1(CCN)CC1. The first kappa shape index (κ1) is 12.0. The van der Waals surface area contributed by atoms with Gasteiger partial charge in [-0.15, -0.1) is 0 Å². The summed E-state index contributed by atoms with van der Waals surface area (Å²) in [4.78, 5) is 0. The fraction of sp³-hybridized carbons (Fsp3) is 1.00. The van der Waals surface area contributed by atoms with Crippen LogP contribution < -0.4 is 5.73 Å². The standard InChI is InChI=1S/C10H21NO2S/c1-2-3-8-14(12,13)9-10(4-5-10)6-7-11/h2-9,11H2,1H3. The average molecular weight is 219 g/mol. The fourth-order valence-corrected chi connectivity index (χ4v) is 4.09. The highest BCUT2D eigenvalue weighted by atomic mass is 32.2. The summed E-state index contributed by atoms with van der Waals surface area (Å²) in [6.45, 7) is 2.63. The van der Waals surface area contributed by atoms with E-state index < -0.39 is 9.84 Å². The highest BCUT2D eigenvalue weighted by molar-refractivity contribution is 7.91. The number of rotatable bonds is 7. The first-order valence-electron chi connectivity index (χ1n) is 5.44. The van der Waals surface area contributed by atoms with E-state index in [1.54, 1.807) is 0 Å². The van der Waals surface area contributed by atoms with Gasteiger partial charge in [-0.1, -0.05) is 13.3 Å². The molecule has 1 aliphatic rings. The van der Waals surface area contributed by atoms with Crippen LogP contribution in [0.25, 0.3) is 0 Å². The zero-order chi connectivity index (χ0) is 10.7. The van der Waals surface area contributed by atoms with Crippen molar-refractivity contribution >= 4 is 9.84 Å². The van der Waals surface area contributed by atoms with Gasteiger partial charge in [0, 0.05) is 0 Å². The Hall–Kier alpha value is -0.0900. The third-order valence-corrected chi connectivity index (χ3v) is 4.93. The van der Waals surface area contributed by atoms with Crippen LogP contribution in [-0.2, 0) is 9.84 Å². The quantitative estimate of drug-likeness (QED) is 0.702. The Bertz CT molecular complexity index is 268. The molecule has 1 rings (SSSR count). The lowest BCUT2D eigenvalue weighted by Gasteiger charge is -2.13. The van der Waals surface area contributed by atoms with Crippen molar-refractivity contribution in [1.29, 1.82) is 0 Å². The summed E-state index contributed by atoms with van der Waals surface area (Å²) in [5, 5.41) is 0. The minimum Gasteiger partial charge on any atom is -0.330 e. The third kappa shape index (κ3) is 3.58. The predicted octanol–water partition coefficient (Wildman–Crippen LogP) is 1.33. The number of hydrogen-bond acceptors (Lipinski definition) is 3. The molecule has 0 aromatic carbocycles.